The molecule has 0 radical (unpaired) electrons. The van der Waals surface area contributed by atoms with Gasteiger partial charge in [0, 0.05) is 4.88 Å². The first-order chi connectivity index (χ1) is 13.1. The third-order valence-corrected chi connectivity index (χ3v) is 6.91. The van der Waals surface area contributed by atoms with Crippen molar-refractivity contribution >= 4 is 28.2 Å². The number of hydrogen-bond acceptors (Lipinski definition) is 3. The number of thiophene rings is 1. The molecule has 2 aliphatic rings. The Morgan fingerprint density at radius 1 is 0.963 bits per heavy atom. The van der Waals surface area contributed by atoms with Crippen molar-refractivity contribution < 1.29 is 9.59 Å². The molecule has 2 aliphatic carbocycles. The smallest absolute Gasteiger partial charge is 0.251 e. The van der Waals surface area contributed by atoms with E-state index in [1.54, 1.807) is 0 Å². The molecule has 0 saturated heterocycles. The van der Waals surface area contributed by atoms with E-state index in [9.17, 15) is 9.59 Å². The average molecular weight is 383 g/mol. The molecule has 4 nitrogen and oxygen atoms in total. The number of hydrogen-bond donors (Lipinski definition) is 2. The number of primary amides is 1. The minimum Gasteiger partial charge on any atom is -0.365 e. The van der Waals surface area contributed by atoms with Crippen LogP contribution >= 0.6 is 11.3 Å². The zero-order valence-corrected chi connectivity index (χ0v) is 16.4. The summed E-state index contributed by atoms with van der Waals surface area (Å²) in [7, 11) is 0. The minimum atomic E-state index is -0.432. The van der Waals surface area contributed by atoms with Crippen molar-refractivity contribution in [3.8, 4) is 0 Å². The fraction of sp³-hybridized carbons (Fsp3) is 0.455. The standard InChI is InChI=1S/C22H26N2O2S/c23-21(26)20-17-8-2-1-3-9-18(17)27-22(20)24-19(25)13-14-10-11-15-6-4-5-7-16(15)12-14/h10-12H,1-9,13H2,(H2,23,26)(H,24,25). The number of aryl methyl sites for hydroxylation is 3. The van der Waals surface area contributed by atoms with Gasteiger partial charge < -0.3 is 11.1 Å². The highest BCUT2D eigenvalue weighted by Crippen LogP contribution is 2.37. The maximum atomic E-state index is 12.6. The molecule has 1 aromatic carbocycles. The molecule has 3 N–H and O–H groups in total. The molecule has 2 amide bonds. The first kappa shape index (κ1) is 18.2. The molecule has 0 atom stereocenters. The first-order valence-corrected chi connectivity index (χ1v) is 10.8. The summed E-state index contributed by atoms with van der Waals surface area (Å²) in [6, 6.07) is 6.40. The summed E-state index contributed by atoms with van der Waals surface area (Å²) in [6.07, 6.45) is 10.3. The molecule has 5 heteroatoms. The van der Waals surface area contributed by atoms with Gasteiger partial charge in [-0.1, -0.05) is 24.6 Å². The van der Waals surface area contributed by atoms with E-state index in [4.69, 9.17) is 5.73 Å². The van der Waals surface area contributed by atoms with Crippen LogP contribution in [0.1, 0.15) is 69.6 Å². The number of carbonyl (C=O) groups excluding carboxylic acids is 2. The molecule has 1 aromatic heterocycles. The summed E-state index contributed by atoms with van der Waals surface area (Å²) in [5.74, 6) is -0.511. The normalized spacial score (nSPS) is 16.1. The monoisotopic (exact) mass is 382 g/mol. The summed E-state index contributed by atoms with van der Waals surface area (Å²) in [6.45, 7) is 0. The van der Waals surface area contributed by atoms with Gasteiger partial charge in [0.25, 0.3) is 5.91 Å². The largest absolute Gasteiger partial charge is 0.365 e. The number of carbonyl (C=O) groups is 2. The number of fused-ring (bicyclic) bond motifs is 2. The number of nitrogens with one attached hydrogen (secondary N) is 1. The fourth-order valence-electron chi connectivity index (χ4n) is 4.34. The van der Waals surface area contributed by atoms with E-state index in [0.29, 0.717) is 17.0 Å². The Morgan fingerprint density at radius 3 is 2.52 bits per heavy atom. The van der Waals surface area contributed by atoms with E-state index in [2.05, 4.69) is 23.5 Å². The van der Waals surface area contributed by atoms with E-state index in [-0.39, 0.29) is 5.91 Å². The molecule has 4 rings (SSSR count). The molecular formula is C22H26N2O2S. The minimum absolute atomic E-state index is 0.0790. The van der Waals surface area contributed by atoms with E-state index in [1.165, 1.54) is 46.6 Å². The Balaban J connectivity index is 1.52. The molecule has 0 saturated carbocycles. The lowest BCUT2D eigenvalue weighted by atomic mass is 9.90. The van der Waals surface area contributed by atoms with Gasteiger partial charge in [-0.05, 0) is 73.6 Å². The van der Waals surface area contributed by atoms with Crippen LogP contribution < -0.4 is 11.1 Å². The fourth-order valence-corrected chi connectivity index (χ4v) is 5.66. The van der Waals surface area contributed by atoms with Crippen LogP contribution in [0, 0.1) is 0 Å². The second-order valence-electron chi connectivity index (χ2n) is 7.67. The summed E-state index contributed by atoms with van der Waals surface area (Å²) in [4.78, 5) is 25.9. The van der Waals surface area contributed by atoms with Crippen molar-refractivity contribution in [2.45, 2.75) is 64.2 Å². The summed E-state index contributed by atoms with van der Waals surface area (Å²) < 4.78 is 0. The highest BCUT2D eigenvalue weighted by molar-refractivity contribution is 7.17. The summed E-state index contributed by atoms with van der Waals surface area (Å²) in [5.41, 5.74) is 11.1. The number of rotatable bonds is 4. The van der Waals surface area contributed by atoms with Gasteiger partial charge in [-0.15, -0.1) is 11.3 Å². The van der Waals surface area contributed by atoms with Gasteiger partial charge in [-0.25, -0.2) is 0 Å². The average Bonchev–Trinajstić information content (AvgIpc) is 2.82. The van der Waals surface area contributed by atoms with Gasteiger partial charge in [-0.3, -0.25) is 9.59 Å². The molecule has 142 valence electrons. The predicted molar refractivity (Wildman–Crippen MR) is 110 cm³/mol. The summed E-state index contributed by atoms with van der Waals surface area (Å²) >= 11 is 1.53. The third-order valence-electron chi connectivity index (χ3n) is 5.70. The van der Waals surface area contributed by atoms with Crippen LogP contribution in [-0.4, -0.2) is 11.8 Å². The maximum Gasteiger partial charge on any atom is 0.251 e. The van der Waals surface area contributed by atoms with Crippen LogP contribution in [-0.2, 0) is 36.9 Å². The Labute approximate surface area is 164 Å². The molecule has 0 unspecified atom stereocenters. The molecule has 27 heavy (non-hydrogen) atoms. The number of benzene rings is 1. The lowest BCUT2D eigenvalue weighted by molar-refractivity contribution is -0.115. The number of nitrogens with two attached hydrogens (primary N) is 1. The number of amides is 2. The zero-order valence-electron chi connectivity index (χ0n) is 15.6. The van der Waals surface area contributed by atoms with Crippen molar-refractivity contribution in [1.29, 1.82) is 0 Å². The maximum absolute atomic E-state index is 12.6. The SMILES string of the molecule is NC(=O)c1c(NC(=O)Cc2ccc3c(c2)CCCC3)sc2c1CCCCC2. The van der Waals surface area contributed by atoms with Gasteiger partial charge >= 0.3 is 0 Å². The van der Waals surface area contributed by atoms with Crippen LogP contribution in [0.15, 0.2) is 18.2 Å². The van der Waals surface area contributed by atoms with Gasteiger partial charge in [-0.2, -0.15) is 0 Å². The van der Waals surface area contributed by atoms with E-state index < -0.39 is 5.91 Å². The Kier molecular flexibility index (Phi) is 5.30. The Hall–Kier alpha value is -2.14. The van der Waals surface area contributed by atoms with E-state index in [1.807, 2.05) is 0 Å². The lowest BCUT2D eigenvalue weighted by Gasteiger charge is -2.16. The van der Waals surface area contributed by atoms with Crippen LogP contribution in [0.2, 0.25) is 0 Å². The van der Waals surface area contributed by atoms with Crippen molar-refractivity contribution in [2.24, 2.45) is 5.73 Å². The molecular weight excluding hydrogens is 356 g/mol. The molecule has 0 spiro atoms. The molecule has 1 heterocycles. The molecule has 0 bridgehead atoms. The predicted octanol–water partition coefficient (Wildman–Crippen LogP) is 4.18. The molecule has 2 aromatic rings. The lowest BCUT2D eigenvalue weighted by Crippen LogP contribution is -2.19. The van der Waals surface area contributed by atoms with Gasteiger partial charge in [0.2, 0.25) is 5.91 Å². The number of anilines is 1. The Bertz CT molecular complexity index is 885. The highest BCUT2D eigenvalue weighted by atomic mass is 32.1. The van der Waals surface area contributed by atoms with Crippen LogP contribution in [0.25, 0.3) is 0 Å². The zero-order chi connectivity index (χ0) is 18.8. The Morgan fingerprint density at radius 2 is 1.70 bits per heavy atom. The second kappa shape index (κ2) is 7.85. The van der Waals surface area contributed by atoms with E-state index in [0.717, 1.165) is 49.7 Å². The topological polar surface area (TPSA) is 72.2 Å². The quantitative estimate of drug-likeness (QED) is 0.779. The summed E-state index contributed by atoms with van der Waals surface area (Å²) in [5, 5.41) is 3.61. The second-order valence-corrected chi connectivity index (χ2v) is 8.77. The van der Waals surface area contributed by atoms with Crippen molar-refractivity contribution in [3.63, 3.8) is 0 Å². The van der Waals surface area contributed by atoms with Crippen LogP contribution in [0.4, 0.5) is 5.00 Å². The third kappa shape index (κ3) is 3.93. The van der Waals surface area contributed by atoms with Crippen molar-refractivity contribution in [3.05, 3.63) is 50.9 Å². The van der Waals surface area contributed by atoms with Crippen LogP contribution in [0.3, 0.4) is 0 Å². The molecule has 0 aliphatic heterocycles. The van der Waals surface area contributed by atoms with Gasteiger partial charge in [0.15, 0.2) is 0 Å². The van der Waals surface area contributed by atoms with Crippen molar-refractivity contribution in [1.82, 2.24) is 0 Å². The highest BCUT2D eigenvalue weighted by Gasteiger charge is 2.24. The van der Waals surface area contributed by atoms with Gasteiger partial charge in [0.1, 0.15) is 5.00 Å². The first-order valence-electron chi connectivity index (χ1n) is 9.96. The van der Waals surface area contributed by atoms with E-state index >= 15 is 0 Å². The van der Waals surface area contributed by atoms with Crippen molar-refractivity contribution in [2.75, 3.05) is 5.32 Å². The van der Waals surface area contributed by atoms with Gasteiger partial charge in [0.05, 0.1) is 12.0 Å². The van der Waals surface area contributed by atoms with Crippen LogP contribution in [0.5, 0.6) is 0 Å². The molecule has 0 fully saturated rings.